The molecule has 1 aromatic rings. The minimum Gasteiger partial charge on any atom is -0.372 e. The highest BCUT2D eigenvalue weighted by Gasteiger charge is 2.17. The van der Waals surface area contributed by atoms with Crippen LogP contribution in [0.15, 0.2) is 107 Å². The van der Waals surface area contributed by atoms with Gasteiger partial charge in [0.2, 0.25) is 0 Å². The Bertz CT molecular complexity index is 1170. The van der Waals surface area contributed by atoms with E-state index >= 15 is 0 Å². The summed E-state index contributed by atoms with van der Waals surface area (Å²) in [6.45, 7) is 31.3. The van der Waals surface area contributed by atoms with E-state index in [0.29, 0.717) is 5.92 Å². The summed E-state index contributed by atoms with van der Waals surface area (Å²) in [5, 5.41) is 3.51. The van der Waals surface area contributed by atoms with Crippen molar-refractivity contribution in [2.45, 2.75) is 67.7 Å². The molecule has 0 amide bonds. The fourth-order valence-corrected chi connectivity index (χ4v) is 4.59. The van der Waals surface area contributed by atoms with Crippen molar-refractivity contribution >= 4 is 11.8 Å². The third-order valence-electron chi connectivity index (χ3n) is 7.41. The largest absolute Gasteiger partial charge is 0.372 e. The first kappa shape index (κ1) is 32.7. The SMILES string of the molecule is C=C(C)N=C/C=C(/c1ccc(CC(=C)N/C(C)=C/C=C(\C=C(/C)CC)N2CCN(C(=C)C)CC2)cc1)C(C)CC. The second-order valence-corrected chi connectivity index (χ2v) is 11.0. The lowest BCUT2D eigenvalue weighted by atomic mass is 9.91. The molecule has 4 nitrogen and oxygen atoms in total. The van der Waals surface area contributed by atoms with E-state index in [1.807, 2.05) is 13.1 Å². The minimum absolute atomic E-state index is 0.454. The molecule has 1 aliphatic heterocycles. The van der Waals surface area contributed by atoms with Gasteiger partial charge in [-0.15, -0.1) is 0 Å². The van der Waals surface area contributed by atoms with Gasteiger partial charge in [0.05, 0.1) is 0 Å². The van der Waals surface area contributed by atoms with E-state index in [-0.39, 0.29) is 0 Å². The summed E-state index contributed by atoms with van der Waals surface area (Å²) in [7, 11) is 0. The van der Waals surface area contributed by atoms with Crippen LogP contribution in [0.25, 0.3) is 5.57 Å². The van der Waals surface area contributed by atoms with Crippen LogP contribution in [0.5, 0.6) is 0 Å². The van der Waals surface area contributed by atoms with Crippen molar-refractivity contribution in [3.05, 3.63) is 113 Å². The monoisotopic (exact) mass is 540 g/mol. The van der Waals surface area contributed by atoms with Crippen LogP contribution in [-0.4, -0.2) is 42.2 Å². The fraction of sp³-hybridized carbons (Fsp3) is 0.417. The molecule has 1 fully saturated rings. The maximum Gasteiger partial charge on any atom is 0.0367 e. The molecule has 216 valence electrons. The Hall–Kier alpha value is -3.53. The van der Waals surface area contributed by atoms with Crippen molar-refractivity contribution in [2.75, 3.05) is 26.2 Å². The van der Waals surface area contributed by atoms with Gasteiger partial charge in [0.1, 0.15) is 0 Å². The molecule has 4 heteroatoms. The van der Waals surface area contributed by atoms with Gasteiger partial charge in [0.25, 0.3) is 0 Å². The summed E-state index contributed by atoms with van der Waals surface area (Å²) in [5.74, 6) is 0.454. The van der Waals surface area contributed by atoms with Crippen LogP contribution in [0.2, 0.25) is 0 Å². The molecule has 0 saturated carbocycles. The predicted octanol–water partition coefficient (Wildman–Crippen LogP) is 8.66. The molecule has 0 spiro atoms. The Morgan fingerprint density at radius 2 is 1.55 bits per heavy atom. The molecule has 0 bridgehead atoms. The molecular formula is C36H52N4. The molecule has 1 saturated heterocycles. The molecule has 1 aromatic carbocycles. The molecule has 1 N–H and O–H groups in total. The first-order chi connectivity index (χ1) is 19.0. The lowest BCUT2D eigenvalue weighted by Gasteiger charge is -2.38. The molecule has 1 heterocycles. The van der Waals surface area contributed by atoms with Crippen molar-refractivity contribution < 1.29 is 0 Å². The molecule has 1 aliphatic rings. The number of benzene rings is 1. The Morgan fingerprint density at radius 3 is 2.10 bits per heavy atom. The normalized spacial score (nSPS) is 16.4. The van der Waals surface area contributed by atoms with Gasteiger partial charge in [-0.2, -0.15) is 0 Å². The highest BCUT2D eigenvalue weighted by atomic mass is 15.3. The molecule has 0 radical (unpaired) electrons. The standard InChI is InChI=1S/C36H52N4/c1-11-29(7)25-35(40-23-21-39(22-24-40)28(5)6)18-13-31(9)38-32(10)26-33-14-16-34(17-15-33)36(30(8)12-2)19-20-37-27(3)4/h13-20,25,30,38H,3,5,10-12,21-24,26H2,1-2,4,6-9H3/b29-25+,31-13+,35-18+,36-19+,37-20?. The third kappa shape index (κ3) is 10.9. The molecule has 40 heavy (non-hydrogen) atoms. The maximum absolute atomic E-state index is 4.33. The average Bonchev–Trinajstić information content (AvgIpc) is 2.93. The summed E-state index contributed by atoms with van der Waals surface area (Å²) in [6, 6.07) is 8.83. The first-order valence-electron chi connectivity index (χ1n) is 14.7. The van der Waals surface area contributed by atoms with Crippen LogP contribution in [0, 0.1) is 5.92 Å². The Morgan fingerprint density at radius 1 is 0.925 bits per heavy atom. The zero-order valence-corrected chi connectivity index (χ0v) is 26.2. The summed E-state index contributed by atoms with van der Waals surface area (Å²) in [6.07, 6.45) is 13.6. The van der Waals surface area contributed by atoms with E-state index < -0.39 is 0 Å². The third-order valence-corrected chi connectivity index (χ3v) is 7.41. The predicted molar refractivity (Wildman–Crippen MR) is 177 cm³/mol. The first-order valence-corrected chi connectivity index (χ1v) is 14.7. The highest BCUT2D eigenvalue weighted by molar-refractivity contribution is 5.85. The molecule has 0 aromatic heterocycles. The van der Waals surface area contributed by atoms with E-state index in [1.165, 1.54) is 28.0 Å². The second kappa shape index (κ2) is 16.5. The number of hydrogen-bond donors (Lipinski definition) is 1. The van der Waals surface area contributed by atoms with Crippen molar-refractivity contribution in [1.29, 1.82) is 0 Å². The Kier molecular flexibility index (Phi) is 13.5. The lowest BCUT2D eigenvalue weighted by Crippen LogP contribution is -2.44. The van der Waals surface area contributed by atoms with Crippen molar-refractivity contribution in [1.82, 2.24) is 15.1 Å². The quantitative estimate of drug-likeness (QED) is 0.189. The van der Waals surface area contributed by atoms with E-state index in [1.54, 1.807) is 0 Å². The number of nitrogens with one attached hydrogen (secondary N) is 1. The van der Waals surface area contributed by atoms with E-state index in [9.17, 15) is 0 Å². The van der Waals surface area contributed by atoms with E-state index in [0.717, 1.165) is 68.2 Å². The topological polar surface area (TPSA) is 30.9 Å². The van der Waals surface area contributed by atoms with Gasteiger partial charge < -0.3 is 15.1 Å². The lowest BCUT2D eigenvalue weighted by molar-refractivity contribution is 0.196. The summed E-state index contributed by atoms with van der Waals surface area (Å²) >= 11 is 0. The van der Waals surface area contributed by atoms with E-state index in [4.69, 9.17) is 0 Å². The van der Waals surface area contributed by atoms with Crippen LogP contribution >= 0.6 is 0 Å². The smallest absolute Gasteiger partial charge is 0.0367 e. The van der Waals surface area contributed by atoms with Crippen LogP contribution in [0.4, 0.5) is 0 Å². The van der Waals surface area contributed by atoms with Gasteiger partial charge in [-0.3, -0.25) is 4.99 Å². The van der Waals surface area contributed by atoms with Crippen molar-refractivity contribution in [2.24, 2.45) is 10.9 Å². The second-order valence-electron chi connectivity index (χ2n) is 11.0. The van der Waals surface area contributed by atoms with Gasteiger partial charge in [0, 0.05) is 67.3 Å². The minimum atomic E-state index is 0.454. The summed E-state index contributed by atoms with van der Waals surface area (Å²) < 4.78 is 0. The summed E-state index contributed by atoms with van der Waals surface area (Å²) in [4.78, 5) is 9.18. The number of hydrogen-bond acceptors (Lipinski definition) is 4. The van der Waals surface area contributed by atoms with Gasteiger partial charge in [-0.25, -0.2) is 0 Å². The molecule has 0 aliphatic carbocycles. The van der Waals surface area contributed by atoms with Crippen molar-refractivity contribution in [3.8, 4) is 0 Å². The number of nitrogens with zero attached hydrogens (tertiary/aromatic N) is 3. The van der Waals surface area contributed by atoms with Gasteiger partial charge in [0.15, 0.2) is 0 Å². The number of allylic oxidation sites excluding steroid dienone is 10. The molecule has 1 unspecified atom stereocenters. The zero-order chi connectivity index (χ0) is 29.7. The highest BCUT2D eigenvalue weighted by Crippen LogP contribution is 2.26. The molecule has 1 atom stereocenters. The maximum atomic E-state index is 4.33. The zero-order valence-electron chi connectivity index (χ0n) is 26.2. The number of rotatable bonds is 14. The van der Waals surface area contributed by atoms with Gasteiger partial charge >= 0.3 is 0 Å². The van der Waals surface area contributed by atoms with Crippen LogP contribution in [0.3, 0.4) is 0 Å². The Labute approximate surface area is 245 Å². The van der Waals surface area contributed by atoms with Crippen molar-refractivity contribution in [3.63, 3.8) is 0 Å². The number of piperazine rings is 1. The van der Waals surface area contributed by atoms with Gasteiger partial charge in [-0.05, 0) is 87.5 Å². The van der Waals surface area contributed by atoms with Crippen LogP contribution in [0.1, 0.15) is 72.4 Å². The van der Waals surface area contributed by atoms with E-state index in [2.05, 4.69) is 130 Å². The molecular weight excluding hydrogens is 488 g/mol. The molecule has 2 rings (SSSR count). The average molecular weight is 541 g/mol. The fourth-order valence-electron chi connectivity index (χ4n) is 4.59. The van der Waals surface area contributed by atoms with Crippen LogP contribution in [-0.2, 0) is 6.42 Å². The Balaban J connectivity index is 2.09. The number of aliphatic imine (C=N–C) groups is 1. The van der Waals surface area contributed by atoms with Gasteiger partial charge in [-0.1, -0.05) is 70.3 Å². The summed E-state index contributed by atoms with van der Waals surface area (Å²) in [5.41, 5.74) is 10.4. The van der Waals surface area contributed by atoms with Crippen LogP contribution < -0.4 is 5.32 Å².